The van der Waals surface area contributed by atoms with Gasteiger partial charge >= 0.3 is 0 Å². The molecular formula is C13H16N2O2. The van der Waals surface area contributed by atoms with Crippen LogP contribution >= 0.6 is 0 Å². The zero-order chi connectivity index (χ0) is 12.8. The number of hydrogen-bond donors (Lipinski definition) is 1. The Labute approximate surface area is 101 Å². The number of aryl methyl sites for hydroxylation is 2. The van der Waals surface area contributed by atoms with Crippen LogP contribution in [0.15, 0.2) is 12.1 Å². The van der Waals surface area contributed by atoms with Crippen molar-refractivity contribution in [1.82, 2.24) is 0 Å². The Bertz CT molecular complexity index is 461. The van der Waals surface area contributed by atoms with Crippen molar-refractivity contribution < 1.29 is 9.53 Å². The molecule has 0 aliphatic heterocycles. The van der Waals surface area contributed by atoms with Gasteiger partial charge in [0.2, 0.25) is 5.91 Å². The first-order valence-corrected chi connectivity index (χ1v) is 5.40. The minimum Gasteiger partial charge on any atom is -0.495 e. The average Bonchev–Trinajstić information content (AvgIpc) is 2.29. The molecule has 1 aromatic carbocycles. The number of ether oxygens (including phenoxy) is 1. The Morgan fingerprint density at radius 2 is 2.18 bits per heavy atom. The van der Waals surface area contributed by atoms with Crippen LogP contribution in [0.2, 0.25) is 0 Å². The van der Waals surface area contributed by atoms with Gasteiger partial charge in [0.25, 0.3) is 0 Å². The first kappa shape index (κ1) is 13.0. The van der Waals surface area contributed by atoms with Crippen molar-refractivity contribution >= 4 is 11.6 Å². The third-order valence-electron chi connectivity index (χ3n) is 2.39. The molecule has 0 spiro atoms. The van der Waals surface area contributed by atoms with E-state index in [1.165, 1.54) is 0 Å². The van der Waals surface area contributed by atoms with E-state index in [9.17, 15) is 4.79 Å². The van der Waals surface area contributed by atoms with E-state index in [1.807, 2.05) is 32.0 Å². The molecule has 4 heteroatoms. The van der Waals surface area contributed by atoms with E-state index in [1.54, 1.807) is 7.11 Å². The summed E-state index contributed by atoms with van der Waals surface area (Å²) in [5.41, 5.74) is 2.71. The van der Waals surface area contributed by atoms with Crippen LogP contribution in [-0.2, 0) is 4.79 Å². The minimum atomic E-state index is -0.170. The van der Waals surface area contributed by atoms with Crippen LogP contribution in [0.5, 0.6) is 5.75 Å². The van der Waals surface area contributed by atoms with E-state index in [2.05, 4.69) is 5.32 Å². The van der Waals surface area contributed by atoms with Gasteiger partial charge in [-0.1, -0.05) is 6.07 Å². The minimum absolute atomic E-state index is 0.170. The third kappa shape index (κ3) is 3.49. The van der Waals surface area contributed by atoms with E-state index < -0.39 is 0 Å². The van der Waals surface area contributed by atoms with Gasteiger partial charge in [0.1, 0.15) is 5.75 Å². The molecule has 1 N–H and O–H groups in total. The van der Waals surface area contributed by atoms with Crippen LogP contribution in [0.1, 0.15) is 24.0 Å². The van der Waals surface area contributed by atoms with Crippen LogP contribution in [-0.4, -0.2) is 13.0 Å². The van der Waals surface area contributed by atoms with E-state index in [0.29, 0.717) is 11.4 Å². The molecule has 0 bridgehead atoms. The fourth-order valence-corrected chi connectivity index (χ4v) is 1.62. The monoisotopic (exact) mass is 232 g/mol. The number of rotatable bonds is 4. The molecule has 0 saturated heterocycles. The predicted octanol–water partition coefficient (Wildman–Crippen LogP) is 2.55. The van der Waals surface area contributed by atoms with Crippen molar-refractivity contribution in [3.8, 4) is 11.8 Å². The standard InChI is InChI=1S/C13H16N2O2/c1-9-7-10(2)13(11(8-9)17-3)15-12(16)5-4-6-14/h7-8H,4-5H2,1-3H3,(H,15,16). The maximum absolute atomic E-state index is 11.6. The molecule has 0 aliphatic carbocycles. The molecule has 1 amide bonds. The lowest BCUT2D eigenvalue weighted by atomic mass is 10.1. The van der Waals surface area contributed by atoms with Crippen molar-refractivity contribution in [1.29, 1.82) is 5.26 Å². The number of hydrogen-bond acceptors (Lipinski definition) is 3. The average molecular weight is 232 g/mol. The Hall–Kier alpha value is -2.02. The van der Waals surface area contributed by atoms with Gasteiger partial charge in [0, 0.05) is 12.8 Å². The van der Waals surface area contributed by atoms with Gasteiger partial charge in [-0.25, -0.2) is 0 Å². The number of nitrogens with zero attached hydrogens (tertiary/aromatic N) is 1. The Morgan fingerprint density at radius 1 is 1.47 bits per heavy atom. The van der Waals surface area contributed by atoms with E-state index in [4.69, 9.17) is 10.00 Å². The summed E-state index contributed by atoms with van der Waals surface area (Å²) in [6.45, 7) is 3.88. The molecule has 0 aliphatic rings. The van der Waals surface area contributed by atoms with Crippen molar-refractivity contribution in [2.24, 2.45) is 0 Å². The summed E-state index contributed by atoms with van der Waals surface area (Å²) in [6, 6.07) is 5.79. The van der Waals surface area contributed by atoms with Crippen LogP contribution < -0.4 is 10.1 Å². The van der Waals surface area contributed by atoms with Crippen molar-refractivity contribution in [2.75, 3.05) is 12.4 Å². The summed E-state index contributed by atoms with van der Waals surface area (Å²) >= 11 is 0. The van der Waals surface area contributed by atoms with Gasteiger partial charge in [-0.2, -0.15) is 5.26 Å². The maximum atomic E-state index is 11.6. The highest BCUT2D eigenvalue weighted by atomic mass is 16.5. The number of anilines is 1. The lowest BCUT2D eigenvalue weighted by Crippen LogP contribution is -2.13. The van der Waals surface area contributed by atoms with E-state index in [0.717, 1.165) is 11.1 Å². The highest BCUT2D eigenvalue weighted by Gasteiger charge is 2.10. The summed E-state index contributed by atoms with van der Waals surface area (Å²) in [5.74, 6) is 0.476. The van der Waals surface area contributed by atoms with Crippen LogP contribution in [0.3, 0.4) is 0 Å². The molecule has 0 radical (unpaired) electrons. The molecule has 90 valence electrons. The molecule has 1 aromatic rings. The SMILES string of the molecule is COc1cc(C)cc(C)c1NC(=O)CCC#N. The highest BCUT2D eigenvalue weighted by Crippen LogP contribution is 2.29. The highest BCUT2D eigenvalue weighted by molar-refractivity contribution is 5.93. The summed E-state index contributed by atoms with van der Waals surface area (Å²) in [7, 11) is 1.57. The molecule has 4 nitrogen and oxygen atoms in total. The van der Waals surface area contributed by atoms with Crippen molar-refractivity contribution in [2.45, 2.75) is 26.7 Å². The number of benzene rings is 1. The zero-order valence-electron chi connectivity index (χ0n) is 10.3. The predicted molar refractivity (Wildman–Crippen MR) is 65.9 cm³/mol. The largest absolute Gasteiger partial charge is 0.495 e. The summed E-state index contributed by atoms with van der Waals surface area (Å²) in [5, 5.41) is 11.2. The van der Waals surface area contributed by atoms with Crippen LogP contribution in [0.4, 0.5) is 5.69 Å². The van der Waals surface area contributed by atoms with Gasteiger partial charge in [-0.3, -0.25) is 4.79 Å². The number of carbonyl (C=O) groups excluding carboxylic acids is 1. The molecule has 1 rings (SSSR count). The second-order valence-electron chi connectivity index (χ2n) is 3.87. The fraction of sp³-hybridized carbons (Fsp3) is 0.385. The molecule has 17 heavy (non-hydrogen) atoms. The first-order valence-electron chi connectivity index (χ1n) is 5.40. The normalized spacial score (nSPS) is 9.53. The quantitative estimate of drug-likeness (QED) is 0.867. The van der Waals surface area contributed by atoms with Gasteiger partial charge in [0.05, 0.1) is 18.9 Å². The smallest absolute Gasteiger partial charge is 0.225 e. The Kier molecular flexibility index (Phi) is 4.53. The topological polar surface area (TPSA) is 62.1 Å². The molecule has 0 heterocycles. The van der Waals surface area contributed by atoms with Gasteiger partial charge in [0.15, 0.2) is 0 Å². The molecular weight excluding hydrogens is 216 g/mol. The second kappa shape index (κ2) is 5.90. The van der Waals surface area contributed by atoms with E-state index >= 15 is 0 Å². The number of amides is 1. The molecule has 0 saturated carbocycles. The molecule has 0 aromatic heterocycles. The third-order valence-corrected chi connectivity index (χ3v) is 2.39. The zero-order valence-corrected chi connectivity index (χ0v) is 10.3. The number of nitriles is 1. The molecule has 0 atom stereocenters. The van der Waals surface area contributed by atoms with Gasteiger partial charge in [-0.05, 0) is 31.0 Å². The van der Waals surface area contributed by atoms with Crippen LogP contribution in [0.25, 0.3) is 0 Å². The molecule has 0 fully saturated rings. The van der Waals surface area contributed by atoms with Crippen LogP contribution in [0, 0.1) is 25.2 Å². The van der Waals surface area contributed by atoms with Gasteiger partial charge in [-0.15, -0.1) is 0 Å². The number of nitrogens with one attached hydrogen (secondary N) is 1. The van der Waals surface area contributed by atoms with Crippen molar-refractivity contribution in [3.63, 3.8) is 0 Å². The summed E-state index contributed by atoms with van der Waals surface area (Å²) in [4.78, 5) is 11.6. The number of carbonyl (C=O) groups is 1. The fourth-order valence-electron chi connectivity index (χ4n) is 1.62. The number of methoxy groups -OCH3 is 1. The summed E-state index contributed by atoms with van der Waals surface area (Å²) < 4.78 is 5.23. The lowest BCUT2D eigenvalue weighted by Gasteiger charge is -2.13. The van der Waals surface area contributed by atoms with Gasteiger partial charge < -0.3 is 10.1 Å². The summed E-state index contributed by atoms with van der Waals surface area (Å²) in [6.07, 6.45) is 0.423. The lowest BCUT2D eigenvalue weighted by molar-refractivity contribution is -0.116. The molecule has 0 unspecified atom stereocenters. The van der Waals surface area contributed by atoms with Crippen molar-refractivity contribution in [3.05, 3.63) is 23.3 Å². The maximum Gasteiger partial charge on any atom is 0.225 e. The Morgan fingerprint density at radius 3 is 2.76 bits per heavy atom. The van der Waals surface area contributed by atoms with E-state index in [-0.39, 0.29) is 18.7 Å². The second-order valence-corrected chi connectivity index (χ2v) is 3.87. The Balaban J connectivity index is 2.90. The first-order chi connectivity index (χ1) is 8.08.